The maximum Gasteiger partial charge on any atom is 0.224 e. The molecule has 0 saturated heterocycles. The molecule has 2 aromatic heterocycles. The van der Waals surface area contributed by atoms with Gasteiger partial charge in [-0.25, -0.2) is 0 Å². The lowest BCUT2D eigenvalue weighted by atomic mass is 10.1. The van der Waals surface area contributed by atoms with Gasteiger partial charge in [0.2, 0.25) is 5.91 Å². The van der Waals surface area contributed by atoms with Gasteiger partial charge < -0.3 is 5.32 Å². The summed E-state index contributed by atoms with van der Waals surface area (Å²) in [5.41, 5.74) is 2.96. The first kappa shape index (κ1) is 15.0. The number of carbonyl (C=O) groups excluding carboxylic acids is 1. The molecule has 6 heteroatoms. The number of rotatable bonds is 6. The smallest absolute Gasteiger partial charge is 0.224 e. The van der Waals surface area contributed by atoms with Gasteiger partial charge in [0.15, 0.2) is 0 Å². The quantitative estimate of drug-likeness (QED) is 0.761. The van der Waals surface area contributed by atoms with Crippen LogP contribution in [0.5, 0.6) is 0 Å². The number of carbonyl (C=O) groups is 1. The minimum Gasteiger partial charge on any atom is -0.323 e. The molecule has 6 nitrogen and oxygen atoms in total. The molecular formula is C17H19N5O. The lowest BCUT2D eigenvalue weighted by Gasteiger charge is -2.03. The molecule has 0 aliphatic carbocycles. The zero-order valence-electron chi connectivity index (χ0n) is 13.0. The molecule has 1 N–H and O–H groups in total. The van der Waals surface area contributed by atoms with E-state index in [0.29, 0.717) is 13.0 Å². The molecule has 0 aliphatic rings. The van der Waals surface area contributed by atoms with Gasteiger partial charge in [0.05, 0.1) is 18.1 Å². The van der Waals surface area contributed by atoms with Crippen LogP contribution in [-0.2, 0) is 18.4 Å². The minimum atomic E-state index is -0.00608. The van der Waals surface area contributed by atoms with Crippen LogP contribution in [0.2, 0.25) is 0 Å². The summed E-state index contributed by atoms with van der Waals surface area (Å²) in [5, 5.41) is 11.2. The lowest BCUT2D eigenvalue weighted by molar-refractivity contribution is -0.116. The van der Waals surface area contributed by atoms with Gasteiger partial charge in [-0.3, -0.25) is 14.2 Å². The third-order valence-electron chi connectivity index (χ3n) is 3.52. The molecule has 0 fully saturated rings. The average molecular weight is 309 g/mol. The second kappa shape index (κ2) is 6.91. The fourth-order valence-corrected chi connectivity index (χ4v) is 2.38. The SMILES string of the molecule is Cn1cc(NC(=O)CCCn2cc(-c3ccccc3)cn2)cn1. The Morgan fingerprint density at radius 1 is 1.09 bits per heavy atom. The van der Waals surface area contributed by atoms with Gasteiger partial charge in [0.1, 0.15) is 0 Å². The van der Waals surface area contributed by atoms with Gasteiger partial charge in [0, 0.05) is 38.0 Å². The number of amides is 1. The van der Waals surface area contributed by atoms with E-state index in [1.54, 1.807) is 17.1 Å². The number of benzene rings is 1. The zero-order chi connectivity index (χ0) is 16.1. The average Bonchev–Trinajstić information content (AvgIpc) is 3.17. The topological polar surface area (TPSA) is 64.7 Å². The summed E-state index contributed by atoms with van der Waals surface area (Å²) >= 11 is 0. The van der Waals surface area contributed by atoms with Crippen LogP contribution >= 0.6 is 0 Å². The van der Waals surface area contributed by atoms with Gasteiger partial charge in [0.25, 0.3) is 0 Å². The Kier molecular flexibility index (Phi) is 4.52. The molecule has 23 heavy (non-hydrogen) atoms. The third-order valence-corrected chi connectivity index (χ3v) is 3.52. The van der Waals surface area contributed by atoms with Gasteiger partial charge in [-0.1, -0.05) is 30.3 Å². The molecule has 3 rings (SSSR count). The molecule has 3 aromatic rings. The number of nitrogens with zero attached hydrogens (tertiary/aromatic N) is 4. The number of anilines is 1. The Bertz CT molecular complexity index is 775. The highest BCUT2D eigenvalue weighted by atomic mass is 16.1. The maximum absolute atomic E-state index is 11.9. The van der Waals surface area contributed by atoms with Crippen molar-refractivity contribution in [3.63, 3.8) is 0 Å². The molecule has 0 spiro atoms. The summed E-state index contributed by atoms with van der Waals surface area (Å²) in [5.74, 6) is -0.00608. The standard InChI is InChI=1S/C17H19N5O/c1-21-13-16(11-18-21)20-17(23)8-5-9-22-12-15(10-19-22)14-6-3-2-4-7-14/h2-4,6-7,10-13H,5,8-9H2,1H3,(H,20,23). The van der Waals surface area contributed by atoms with E-state index in [0.717, 1.165) is 23.2 Å². The van der Waals surface area contributed by atoms with E-state index >= 15 is 0 Å². The molecule has 0 aliphatic heterocycles. The molecule has 0 atom stereocenters. The second-order valence-corrected chi connectivity index (χ2v) is 5.41. The van der Waals surface area contributed by atoms with E-state index in [-0.39, 0.29) is 5.91 Å². The van der Waals surface area contributed by atoms with Crippen LogP contribution in [0.1, 0.15) is 12.8 Å². The molecule has 118 valence electrons. The van der Waals surface area contributed by atoms with Crippen molar-refractivity contribution in [3.05, 3.63) is 55.1 Å². The van der Waals surface area contributed by atoms with E-state index < -0.39 is 0 Å². The van der Waals surface area contributed by atoms with Crippen molar-refractivity contribution in [2.24, 2.45) is 7.05 Å². The highest BCUT2D eigenvalue weighted by Crippen LogP contribution is 2.17. The molecule has 1 amide bonds. The summed E-state index contributed by atoms with van der Waals surface area (Å²) < 4.78 is 3.53. The summed E-state index contributed by atoms with van der Waals surface area (Å²) in [6, 6.07) is 10.1. The van der Waals surface area contributed by atoms with Crippen LogP contribution in [0.25, 0.3) is 11.1 Å². The van der Waals surface area contributed by atoms with Crippen LogP contribution in [-0.4, -0.2) is 25.5 Å². The summed E-state index contributed by atoms with van der Waals surface area (Å²) in [4.78, 5) is 11.9. The van der Waals surface area contributed by atoms with Crippen LogP contribution in [0.4, 0.5) is 5.69 Å². The van der Waals surface area contributed by atoms with Crippen molar-refractivity contribution in [1.29, 1.82) is 0 Å². The van der Waals surface area contributed by atoms with Crippen LogP contribution in [0, 0.1) is 0 Å². The van der Waals surface area contributed by atoms with E-state index in [1.165, 1.54) is 0 Å². The normalized spacial score (nSPS) is 10.7. The van der Waals surface area contributed by atoms with Crippen molar-refractivity contribution in [2.45, 2.75) is 19.4 Å². The van der Waals surface area contributed by atoms with Gasteiger partial charge in [-0.2, -0.15) is 10.2 Å². The molecule has 1 aromatic carbocycles. The van der Waals surface area contributed by atoms with E-state index in [4.69, 9.17) is 0 Å². The second-order valence-electron chi connectivity index (χ2n) is 5.41. The van der Waals surface area contributed by atoms with E-state index in [1.807, 2.05) is 42.3 Å². The fourth-order valence-electron chi connectivity index (χ4n) is 2.38. The summed E-state index contributed by atoms with van der Waals surface area (Å²) in [7, 11) is 1.82. The number of nitrogens with one attached hydrogen (secondary N) is 1. The van der Waals surface area contributed by atoms with Crippen LogP contribution < -0.4 is 5.32 Å². The minimum absolute atomic E-state index is 0.00608. The first-order chi connectivity index (χ1) is 11.2. The van der Waals surface area contributed by atoms with Crippen molar-refractivity contribution in [1.82, 2.24) is 19.6 Å². The highest BCUT2D eigenvalue weighted by molar-refractivity contribution is 5.90. The zero-order valence-corrected chi connectivity index (χ0v) is 13.0. The Morgan fingerprint density at radius 2 is 1.91 bits per heavy atom. The number of hydrogen-bond acceptors (Lipinski definition) is 3. The fraction of sp³-hybridized carbons (Fsp3) is 0.235. The lowest BCUT2D eigenvalue weighted by Crippen LogP contribution is -2.12. The first-order valence-electron chi connectivity index (χ1n) is 7.57. The molecule has 0 saturated carbocycles. The number of hydrogen-bond donors (Lipinski definition) is 1. The van der Waals surface area contributed by atoms with Crippen molar-refractivity contribution in [2.75, 3.05) is 5.32 Å². The van der Waals surface area contributed by atoms with E-state index in [9.17, 15) is 4.79 Å². The molecule has 0 radical (unpaired) electrons. The van der Waals surface area contributed by atoms with Gasteiger partial charge in [-0.15, -0.1) is 0 Å². The molecule has 2 heterocycles. The largest absolute Gasteiger partial charge is 0.323 e. The summed E-state index contributed by atoms with van der Waals surface area (Å²) in [6.07, 6.45) is 8.46. The highest BCUT2D eigenvalue weighted by Gasteiger charge is 2.05. The molecular weight excluding hydrogens is 290 g/mol. The van der Waals surface area contributed by atoms with Crippen molar-refractivity contribution < 1.29 is 4.79 Å². The maximum atomic E-state index is 11.9. The van der Waals surface area contributed by atoms with Crippen molar-refractivity contribution >= 4 is 11.6 Å². The number of aromatic nitrogens is 4. The van der Waals surface area contributed by atoms with E-state index in [2.05, 4.69) is 27.6 Å². The predicted molar refractivity (Wildman–Crippen MR) is 88.7 cm³/mol. The predicted octanol–water partition coefficient (Wildman–Crippen LogP) is 2.70. The van der Waals surface area contributed by atoms with Gasteiger partial charge in [-0.05, 0) is 12.0 Å². The Hall–Kier alpha value is -2.89. The van der Waals surface area contributed by atoms with Gasteiger partial charge >= 0.3 is 0 Å². The van der Waals surface area contributed by atoms with Crippen molar-refractivity contribution in [3.8, 4) is 11.1 Å². The van der Waals surface area contributed by atoms with Crippen LogP contribution in [0.3, 0.4) is 0 Å². The Balaban J connectivity index is 1.47. The molecule has 0 unspecified atom stereocenters. The molecule has 0 bridgehead atoms. The Labute approximate surface area is 134 Å². The monoisotopic (exact) mass is 309 g/mol. The first-order valence-corrected chi connectivity index (χ1v) is 7.57. The summed E-state index contributed by atoms with van der Waals surface area (Å²) in [6.45, 7) is 0.716. The Morgan fingerprint density at radius 3 is 2.65 bits per heavy atom. The van der Waals surface area contributed by atoms with Crippen LogP contribution in [0.15, 0.2) is 55.1 Å². The number of aryl methyl sites for hydroxylation is 2. The third kappa shape index (κ3) is 4.06.